The maximum Gasteiger partial charge on any atom is 0.254 e. The van der Waals surface area contributed by atoms with E-state index in [9.17, 15) is 9.18 Å². The first-order chi connectivity index (χ1) is 13.5. The lowest BCUT2D eigenvalue weighted by Gasteiger charge is -2.55. The summed E-state index contributed by atoms with van der Waals surface area (Å²) in [6.45, 7) is 2.11. The highest BCUT2D eigenvalue weighted by atomic mass is 32.1. The number of aryl methyl sites for hydroxylation is 1. The standard InChI is InChI=1S/C23H27FN2OS/c1-3-19-20(17-4-6-18(24)7-5-17)26(2)22(28-19)25-21(27)23-11-14-8-15(12-23)10-16(9-14)13-23/h4-7,14-16H,3,8-13H2,1-2H3. The normalized spacial score (nSPS) is 31.5. The molecule has 0 N–H and O–H groups in total. The van der Waals surface area contributed by atoms with E-state index in [0.29, 0.717) is 0 Å². The van der Waals surface area contributed by atoms with Crippen LogP contribution in [0.15, 0.2) is 29.3 Å². The third-order valence-electron chi connectivity index (χ3n) is 7.23. The molecule has 0 saturated heterocycles. The molecular weight excluding hydrogens is 371 g/mol. The van der Waals surface area contributed by atoms with E-state index in [0.717, 1.165) is 59.5 Å². The first kappa shape index (κ1) is 18.3. The Morgan fingerprint density at radius 3 is 2.25 bits per heavy atom. The summed E-state index contributed by atoms with van der Waals surface area (Å²) >= 11 is 1.60. The molecule has 4 aliphatic rings. The second kappa shape index (κ2) is 6.65. The van der Waals surface area contributed by atoms with Crippen LogP contribution in [0, 0.1) is 29.0 Å². The predicted molar refractivity (Wildman–Crippen MR) is 109 cm³/mol. The Labute approximate surface area is 169 Å². The van der Waals surface area contributed by atoms with Crippen molar-refractivity contribution in [1.29, 1.82) is 0 Å². The van der Waals surface area contributed by atoms with Gasteiger partial charge in [0.1, 0.15) is 5.82 Å². The largest absolute Gasteiger partial charge is 0.319 e. The fourth-order valence-corrected chi connectivity index (χ4v) is 7.46. The van der Waals surface area contributed by atoms with Crippen LogP contribution < -0.4 is 4.80 Å². The lowest BCUT2D eigenvalue weighted by atomic mass is 9.49. The highest BCUT2D eigenvalue weighted by Crippen LogP contribution is 2.60. The van der Waals surface area contributed by atoms with Gasteiger partial charge in [0.15, 0.2) is 4.80 Å². The summed E-state index contributed by atoms with van der Waals surface area (Å²) in [5, 5.41) is 0. The molecule has 4 saturated carbocycles. The molecule has 148 valence electrons. The van der Waals surface area contributed by atoms with Crippen molar-refractivity contribution in [2.45, 2.75) is 51.9 Å². The van der Waals surface area contributed by atoms with E-state index < -0.39 is 0 Å². The van der Waals surface area contributed by atoms with Gasteiger partial charge in [-0.1, -0.05) is 6.92 Å². The SMILES string of the molecule is CCc1sc(=NC(=O)C23CC4CC(CC(C4)C2)C3)n(C)c1-c1ccc(F)cc1. The van der Waals surface area contributed by atoms with Crippen molar-refractivity contribution in [3.63, 3.8) is 0 Å². The van der Waals surface area contributed by atoms with E-state index in [-0.39, 0.29) is 17.1 Å². The van der Waals surface area contributed by atoms with Gasteiger partial charge in [0.2, 0.25) is 0 Å². The number of hydrogen-bond donors (Lipinski definition) is 0. The zero-order chi connectivity index (χ0) is 19.5. The maximum atomic E-state index is 13.4. The monoisotopic (exact) mass is 398 g/mol. The lowest BCUT2D eigenvalue weighted by molar-refractivity contribution is -0.142. The van der Waals surface area contributed by atoms with Crippen molar-refractivity contribution >= 4 is 17.2 Å². The summed E-state index contributed by atoms with van der Waals surface area (Å²) in [5.74, 6) is 2.09. The number of aromatic nitrogens is 1. The molecule has 28 heavy (non-hydrogen) atoms. The van der Waals surface area contributed by atoms with Crippen LogP contribution in [-0.4, -0.2) is 10.5 Å². The summed E-state index contributed by atoms with van der Waals surface area (Å²) in [6, 6.07) is 6.59. The van der Waals surface area contributed by atoms with Gasteiger partial charge in [0, 0.05) is 11.9 Å². The van der Waals surface area contributed by atoms with Crippen LogP contribution in [0.2, 0.25) is 0 Å². The Balaban J connectivity index is 1.54. The first-order valence-electron chi connectivity index (χ1n) is 10.5. The third kappa shape index (κ3) is 2.90. The number of hydrogen-bond acceptors (Lipinski definition) is 2. The Morgan fingerprint density at radius 2 is 1.71 bits per heavy atom. The van der Waals surface area contributed by atoms with Crippen LogP contribution in [0.3, 0.4) is 0 Å². The second-order valence-electron chi connectivity index (χ2n) is 9.19. The number of halogens is 1. The quantitative estimate of drug-likeness (QED) is 0.708. The molecule has 4 bridgehead atoms. The molecule has 0 radical (unpaired) electrons. The molecule has 1 aromatic heterocycles. The lowest BCUT2D eigenvalue weighted by Crippen LogP contribution is -2.49. The molecule has 0 unspecified atom stereocenters. The number of benzene rings is 1. The highest BCUT2D eigenvalue weighted by Gasteiger charge is 2.54. The zero-order valence-corrected chi connectivity index (χ0v) is 17.4. The highest BCUT2D eigenvalue weighted by molar-refractivity contribution is 7.09. The van der Waals surface area contributed by atoms with Gasteiger partial charge in [-0.3, -0.25) is 4.79 Å². The van der Waals surface area contributed by atoms with Crippen molar-refractivity contribution in [3.05, 3.63) is 39.8 Å². The van der Waals surface area contributed by atoms with E-state index in [4.69, 9.17) is 0 Å². The summed E-state index contributed by atoms with van der Waals surface area (Å²) < 4.78 is 15.4. The number of carbonyl (C=O) groups excluding carboxylic acids is 1. The Bertz CT molecular complexity index is 950. The van der Waals surface area contributed by atoms with Crippen molar-refractivity contribution < 1.29 is 9.18 Å². The average Bonchev–Trinajstić information content (AvgIpc) is 2.97. The van der Waals surface area contributed by atoms with Gasteiger partial charge in [0.05, 0.1) is 11.1 Å². The average molecular weight is 399 g/mol. The number of rotatable bonds is 3. The minimum atomic E-state index is -0.235. The fourth-order valence-electron chi connectivity index (χ4n) is 6.39. The summed E-state index contributed by atoms with van der Waals surface area (Å²) in [6.07, 6.45) is 7.98. The molecular formula is C23H27FN2OS. The van der Waals surface area contributed by atoms with Crippen molar-refractivity contribution in [2.75, 3.05) is 0 Å². The van der Waals surface area contributed by atoms with Crippen LogP contribution in [0.25, 0.3) is 11.3 Å². The maximum absolute atomic E-state index is 13.4. The van der Waals surface area contributed by atoms with Crippen LogP contribution in [-0.2, 0) is 18.3 Å². The molecule has 3 nitrogen and oxygen atoms in total. The molecule has 0 spiro atoms. The molecule has 0 aliphatic heterocycles. The fraction of sp³-hybridized carbons (Fsp3) is 0.565. The van der Waals surface area contributed by atoms with Gasteiger partial charge < -0.3 is 4.57 Å². The van der Waals surface area contributed by atoms with Gasteiger partial charge in [-0.2, -0.15) is 4.99 Å². The van der Waals surface area contributed by atoms with E-state index in [1.807, 2.05) is 11.6 Å². The van der Waals surface area contributed by atoms with Crippen LogP contribution in [0.4, 0.5) is 4.39 Å². The summed E-state index contributed by atoms with van der Waals surface area (Å²) in [7, 11) is 1.97. The van der Waals surface area contributed by atoms with E-state index >= 15 is 0 Å². The summed E-state index contributed by atoms with van der Waals surface area (Å²) in [5.41, 5.74) is 1.82. The van der Waals surface area contributed by atoms with Crippen LogP contribution in [0.1, 0.15) is 50.3 Å². The first-order valence-corrected chi connectivity index (χ1v) is 11.3. The number of thiazole rings is 1. The molecule has 2 aromatic rings. The molecule has 1 amide bonds. The minimum absolute atomic E-state index is 0.108. The smallest absolute Gasteiger partial charge is 0.254 e. The number of amides is 1. The number of carbonyl (C=O) groups is 1. The minimum Gasteiger partial charge on any atom is -0.319 e. The van der Waals surface area contributed by atoms with Crippen LogP contribution >= 0.6 is 11.3 Å². The molecule has 1 heterocycles. The molecule has 4 fully saturated rings. The van der Waals surface area contributed by atoms with Crippen molar-refractivity contribution in [2.24, 2.45) is 35.2 Å². The third-order valence-corrected chi connectivity index (χ3v) is 8.50. The van der Waals surface area contributed by atoms with Gasteiger partial charge in [-0.15, -0.1) is 11.3 Å². The molecule has 6 rings (SSSR count). The molecule has 1 aromatic carbocycles. The van der Waals surface area contributed by atoms with Gasteiger partial charge >= 0.3 is 0 Å². The molecule has 0 atom stereocenters. The van der Waals surface area contributed by atoms with Gasteiger partial charge in [-0.05, 0) is 92.5 Å². The molecule has 5 heteroatoms. The second-order valence-corrected chi connectivity index (χ2v) is 10.3. The van der Waals surface area contributed by atoms with Crippen molar-refractivity contribution in [3.8, 4) is 11.3 Å². The number of nitrogens with zero attached hydrogens (tertiary/aromatic N) is 2. The van der Waals surface area contributed by atoms with Crippen molar-refractivity contribution in [1.82, 2.24) is 4.57 Å². The Morgan fingerprint density at radius 1 is 1.14 bits per heavy atom. The Hall–Kier alpha value is -1.75. The van der Waals surface area contributed by atoms with E-state index in [1.54, 1.807) is 23.5 Å². The summed E-state index contributed by atoms with van der Waals surface area (Å²) in [4.78, 5) is 20.0. The van der Waals surface area contributed by atoms with Gasteiger partial charge in [0.25, 0.3) is 5.91 Å². The van der Waals surface area contributed by atoms with Gasteiger partial charge in [-0.25, -0.2) is 4.39 Å². The zero-order valence-electron chi connectivity index (χ0n) is 16.6. The molecule has 4 aliphatic carbocycles. The van der Waals surface area contributed by atoms with E-state index in [2.05, 4.69) is 11.9 Å². The Kier molecular flexibility index (Phi) is 4.34. The van der Waals surface area contributed by atoms with Crippen LogP contribution in [0.5, 0.6) is 0 Å². The van der Waals surface area contributed by atoms with E-state index in [1.165, 1.54) is 36.3 Å². The topological polar surface area (TPSA) is 34.4 Å². The predicted octanol–water partition coefficient (Wildman–Crippen LogP) is 5.10.